The highest BCUT2D eigenvalue weighted by Gasteiger charge is 2.33. The van der Waals surface area contributed by atoms with E-state index in [0.29, 0.717) is 22.9 Å². The minimum Gasteiger partial charge on any atom is -0.497 e. The summed E-state index contributed by atoms with van der Waals surface area (Å²) >= 11 is 0. The summed E-state index contributed by atoms with van der Waals surface area (Å²) in [5.41, 5.74) is 1.14. The summed E-state index contributed by atoms with van der Waals surface area (Å²) < 4.78 is 10.7. The van der Waals surface area contributed by atoms with E-state index in [1.54, 1.807) is 62.6 Å². The van der Waals surface area contributed by atoms with Crippen molar-refractivity contribution in [2.45, 2.75) is 13.0 Å². The maximum atomic E-state index is 12.6. The Morgan fingerprint density at radius 3 is 2.55 bits per heavy atom. The molecule has 152 valence electrons. The van der Waals surface area contributed by atoms with Gasteiger partial charge in [0.05, 0.1) is 19.3 Å². The van der Waals surface area contributed by atoms with Gasteiger partial charge in [-0.05, 0) is 43.3 Å². The van der Waals surface area contributed by atoms with Crippen LogP contribution in [0, 0.1) is 0 Å². The first kappa shape index (κ1) is 20.2. The van der Waals surface area contributed by atoms with Crippen LogP contribution in [0.5, 0.6) is 11.5 Å². The predicted molar refractivity (Wildman–Crippen MR) is 108 cm³/mol. The molecule has 1 atom stereocenters. The van der Waals surface area contributed by atoms with Gasteiger partial charge in [-0.2, -0.15) is 0 Å². The first-order valence-corrected chi connectivity index (χ1v) is 9.14. The van der Waals surface area contributed by atoms with Gasteiger partial charge in [-0.15, -0.1) is 0 Å². The Kier molecular flexibility index (Phi) is 6.01. The maximum absolute atomic E-state index is 12.6. The van der Waals surface area contributed by atoms with E-state index in [4.69, 9.17) is 9.47 Å². The van der Waals surface area contributed by atoms with Crippen molar-refractivity contribution >= 4 is 29.1 Å². The SMILES string of the molecule is COc1ccc(NC(=O)CN(C)C(=O)CN2C(=O)[C@@H](C)Oc3ccccc32)cc1. The number of anilines is 2. The summed E-state index contributed by atoms with van der Waals surface area (Å²) in [7, 11) is 3.09. The lowest BCUT2D eigenvalue weighted by atomic mass is 10.2. The number of nitrogens with one attached hydrogen (secondary N) is 1. The Labute approximate surface area is 169 Å². The van der Waals surface area contributed by atoms with E-state index in [2.05, 4.69) is 5.32 Å². The van der Waals surface area contributed by atoms with Crippen LogP contribution in [0.15, 0.2) is 48.5 Å². The zero-order valence-electron chi connectivity index (χ0n) is 16.5. The molecule has 1 aliphatic rings. The van der Waals surface area contributed by atoms with E-state index in [-0.39, 0.29) is 30.8 Å². The van der Waals surface area contributed by atoms with E-state index in [1.807, 2.05) is 0 Å². The number of nitrogens with zero attached hydrogens (tertiary/aromatic N) is 2. The molecule has 0 bridgehead atoms. The molecular weight excluding hydrogens is 374 g/mol. The number of fused-ring (bicyclic) bond motifs is 1. The summed E-state index contributed by atoms with van der Waals surface area (Å²) in [6.07, 6.45) is -0.679. The average Bonchev–Trinajstić information content (AvgIpc) is 2.71. The third kappa shape index (κ3) is 4.66. The van der Waals surface area contributed by atoms with E-state index < -0.39 is 6.10 Å². The number of para-hydroxylation sites is 2. The highest BCUT2D eigenvalue weighted by Crippen LogP contribution is 2.33. The summed E-state index contributed by atoms with van der Waals surface area (Å²) in [6.45, 7) is 1.33. The van der Waals surface area contributed by atoms with Gasteiger partial charge in [0, 0.05) is 12.7 Å². The second-order valence-electron chi connectivity index (χ2n) is 6.68. The number of amides is 3. The summed E-state index contributed by atoms with van der Waals surface area (Å²) in [6, 6.07) is 13.9. The molecule has 8 nitrogen and oxygen atoms in total. The maximum Gasteiger partial charge on any atom is 0.268 e. The minimum atomic E-state index is -0.679. The Hall–Kier alpha value is -3.55. The highest BCUT2D eigenvalue weighted by atomic mass is 16.5. The van der Waals surface area contributed by atoms with E-state index in [9.17, 15) is 14.4 Å². The van der Waals surface area contributed by atoms with Crippen molar-refractivity contribution in [3.8, 4) is 11.5 Å². The Morgan fingerprint density at radius 1 is 1.17 bits per heavy atom. The molecule has 8 heteroatoms. The monoisotopic (exact) mass is 397 g/mol. The summed E-state index contributed by atoms with van der Waals surface area (Å²) in [4.78, 5) is 40.1. The first-order valence-electron chi connectivity index (χ1n) is 9.14. The fourth-order valence-corrected chi connectivity index (χ4v) is 2.96. The first-order chi connectivity index (χ1) is 13.9. The van der Waals surface area contributed by atoms with Crippen LogP contribution in [-0.2, 0) is 14.4 Å². The lowest BCUT2D eigenvalue weighted by Crippen LogP contribution is -2.49. The number of hydrogen-bond donors (Lipinski definition) is 1. The molecule has 0 radical (unpaired) electrons. The molecule has 2 aromatic rings. The fraction of sp³-hybridized carbons (Fsp3) is 0.286. The van der Waals surface area contributed by atoms with Crippen LogP contribution >= 0.6 is 0 Å². The average molecular weight is 397 g/mol. The molecular formula is C21H23N3O5. The molecule has 1 heterocycles. The van der Waals surface area contributed by atoms with Crippen molar-refractivity contribution in [3.05, 3.63) is 48.5 Å². The van der Waals surface area contributed by atoms with Crippen molar-refractivity contribution in [1.82, 2.24) is 4.90 Å². The number of hydrogen-bond acceptors (Lipinski definition) is 5. The third-order valence-electron chi connectivity index (χ3n) is 4.55. The molecule has 1 N–H and O–H groups in total. The quantitative estimate of drug-likeness (QED) is 0.804. The van der Waals surface area contributed by atoms with Crippen LogP contribution in [0.3, 0.4) is 0 Å². The largest absolute Gasteiger partial charge is 0.497 e. The Balaban J connectivity index is 1.61. The molecule has 0 saturated heterocycles. The van der Waals surface area contributed by atoms with Crippen molar-refractivity contribution in [2.24, 2.45) is 0 Å². The third-order valence-corrected chi connectivity index (χ3v) is 4.55. The van der Waals surface area contributed by atoms with Crippen LogP contribution in [0.25, 0.3) is 0 Å². The number of benzene rings is 2. The van der Waals surface area contributed by atoms with Crippen molar-refractivity contribution in [1.29, 1.82) is 0 Å². The summed E-state index contributed by atoms with van der Waals surface area (Å²) in [5, 5.41) is 2.73. The zero-order chi connectivity index (χ0) is 21.0. The standard InChI is InChI=1S/C21H23N3O5/c1-14-21(27)24(17-6-4-5-7-18(17)29-14)13-20(26)23(2)12-19(25)22-15-8-10-16(28-3)11-9-15/h4-11,14H,12-13H2,1-3H3,(H,22,25)/t14-/m1/s1. The summed E-state index contributed by atoms with van der Waals surface area (Å²) in [5.74, 6) is 0.237. The van der Waals surface area contributed by atoms with E-state index in [1.165, 1.54) is 16.8 Å². The van der Waals surface area contributed by atoms with Crippen molar-refractivity contribution in [3.63, 3.8) is 0 Å². The molecule has 3 amide bonds. The van der Waals surface area contributed by atoms with Crippen LogP contribution in [0.1, 0.15) is 6.92 Å². The van der Waals surface area contributed by atoms with Gasteiger partial charge in [-0.3, -0.25) is 19.3 Å². The number of methoxy groups -OCH3 is 1. The van der Waals surface area contributed by atoms with Gasteiger partial charge < -0.3 is 19.7 Å². The van der Waals surface area contributed by atoms with Gasteiger partial charge in [0.25, 0.3) is 5.91 Å². The van der Waals surface area contributed by atoms with Gasteiger partial charge in [0.2, 0.25) is 11.8 Å². The van der Waals surface area contributed by atoms with E-state index in [0.717, 1.165) is 0 Å². The molecule has 29 heavy (non-hydrogen) atoms. The number of likely N-dealkylation sites (N-methyl/N-ethyl adjacent to an activating group) is 1. The van der Waals surface area contributed by atoms with Crippen LogP contribution in [-0.4, -0.2) is 56.0 Å². The fourth-order valence-electron chi connectivity index (χ4n) is 2.96. The highest BCUT2D eigenvalue weighted by molar-refractivity contribution is 6.04. The van der Waals surface area contributed by atoms with Gasteiger partial charge in [0.15, 0.2) is 6.10 Å². The molecule has 3 rings (SSSR count). The van der Waals surface area contributed by atoms with Crippen molar-refractivity contribution < 1.29 is 23.9 Å². The van der Waals surface area contributed by atoms with Gasteiger partial charge in [0.1, 0.15) is 18.0 Å². The van der Waals surface area contributed by atoms with Gasteiger partial charge in [-0.25, -0.2) is 0 Å². The Morgan fingerprint density at radius 2 is 1.86 bits per heavy atom. The Bertz CT molecular complexity index is 913. The lowest BCUT2D eigenvalue weighted by Gasteiger charge is -2.33. The van der Waals surface area contributed by atoms with E-state index >= 15 is 0 Å². The van der Waals surface area contributed by atoms with Crippen LogP contribution in [0.4, 0.5) is 11.4 Å². The number of rotatable bonds is 6. The van der Waals surface area contributed by atoms with Gasteiger partial charge >= 0.3 is 0 Å². The van der Waals surface area contributed by atoms with Gasteiger partial charge in [-0.1, -0.05) is 12.1 Å². The zero-order valence-corrected chi connectivity index (χ0v) is 16.5. The lowest BCUT2D eigenvalue weighted by molar-refractivity contribution is -0.134. The second kappa shape index (κ2) is 8.64. The topological polar surface area (TPSA) is 88.2 Å². The second-order valence-corrected chi connectivity index (χ2v) is 6.68. The van der Waals surface area contributed by atoms with Crippen LogP contribution in [0.2, 0.25) is 0 Å². The van der Waals surface area contributed by atoms with Crippen molar-refractivity contribution in [2.75, 3.05) is 37.5 Å². The molecule has 0 aromatic heterocycles. The predicted octanol–water partition coefficient (Wildman–Crippen LogP) is 1.91. The minimum absolute atomic E-state index is 0.138. The smallest absolute Gasteiger partial charge is 0.268 e. The molecule has 2 aromatic carbocycles. The molecule has 0 unspecified atom stereocenters. The molecule has 0 saturated carbocycles. The molecule has 1 aliphatic heterocycles. The number of ether oxygens (including phenoxy) is 2. The van der Waals surface area contributed by atoms with Crippen LogP contribution < -0.4 is 19.7 Å². The molecule has 0 fully saturated rings. The number of carbonyl (C=O) groups excluding carboxylic acids is 3. The normalized spacial score (nSPS) is 15.2. The molecule has 0 aliphatic carbocycles. The molecule has 0 spiro atoms. The number of carbonyl (C=O) groups is 3.